The van der Waals surface area contributed by atoms with E-state index >= 15 is 0 Å². The highest BCUT2D eigenvalue weighted by atomic mass is 35.5. The van der Waals surface area contributed by atoms with Crippen molar-refractivity contribution in [2.45, 2.75) is 26.1 Å². The van der Waals surface area contributed by atoms with Gasteiger partial charge in [-0.1, -0.05) is 13.8 Å². The van der Waals surface area contributed by atoms with Crippen LogP contribution in [0, 0.1) is 5.92 Å². The molecule has 3 N–H and O–H groups in total. The molecule has 0 saturated carbocycles. The molecule has 11 heavy (non-hydrogen) atoms. The largest absolute Gasteiger partial charge is 0.342 e. The second-order valence-corrected chi connectivity index (χ2v) is 6.20. The summed E-state index contributed by atoms with van der Waals surface area (Å²) < 4.78 is 11.1. The predicted octanol–water partition coefficient (Wildman–Crippen LogP) is 1.78. The number of hydrogen-bond acceptors (Lipinski definition) is 2. The average molecular weight is 200 g/mol. The summed E-state index contributed by atoms with van der Waals surface area (Å²) in [6, 6.07) is 0. The maximum atomic E-state index is 11.1. The van der Waals surface area contributed by atoms with Gasteiger partial charge in [0, 0.05) is 0 Å². The lowest BCUT2D eigenvalue weighted by Gasteiger charge is -2.18. The van der Waals surface area contributed by atoms with Crippen LogP contribution in [0.25, 0.3) is 0 Å². The Morgan fingerprint density at radius 2 is 2.09 bits per heavy atom. The molecule has 3 nitrogen and oxygen atoms in total. The number of halogens is 1. The lowest BCUT2D eigenvalue weighted by Crippen LogP contribution is -2.22. The molecule has 0 spiro atoms. The van der Waals surface area contributed by atoms with Crippen LogP contribution in [-0.4, -0.2) is 16.3 Å². The Bertz CT molecular complexity index is 163. The normalized spacial score (nSPS) is 19.8. The highest BCUT2D eigenvalue weighted by Crippen LogP contribution is 2.46. The summed E-state index contributed by atoms with van der Waals surface area (Å²) in [5.74, 6) is -0.339. The van der Waals surface area contributed by atoms with Gasteiger partial charge in [0.15, 0.2) is 0 Å². The number of hydrogen-bond donors (Lipinski definition) is 2. The first-order chi connectivity index (χ1) is 4.90. The molecule has 0 fully saturated rings. The number of rotatable bonds is 4. The van der Waals surface area contributed by atoms with Crippen molar-refractivity contribution < 1.29 is 9.46 Å². The van der Waals surface area contributed by atoms with Crippen molar-refractivity contribution in [2.75, 3.05) is 5.62 Å². The van der Waals surface area contributed by atoms with Crippen LogP contribution in [0.1, 0.15) is 20.3 Å². The van der Waals surface area contributed by atoms with E-state index in [1.54, 1.807) is 0 Å². The summed E-state index contributed by atoms with van der Waals surface area (Å²) >= 11 is 5.28. The van der Waals surface area contributed by atoms with Crippen LogP contribution < -0.4 is 5.73 Å². The van der Waals surface area contributed by atoms with Gasteiger partial charge in [0.05, 0.1) is 5.78 Å². The second-order valence-electron chi connectivity index (χ2n) is 3.07. The van der Waals surface area contributed by atoms with E-state index in [0.717, 1.165) is 0 Å². The summed E-state index contributed by atoms with van der Waals surface area (Å²) in [6.07, 6.45) is 0.542. The van der Waals surface area contributed by atoms with Crippen LogP contribution in [0.5, 0.6) is 0 Å². The molecule has 0 aromatic heterocycles. The van der Waals surface area contributed by atoms with Crippen molar-refractivity contribution in [1.82, 2.24) is 0 Å². The van der Waals surface area contributed by atoms with Gasteiger partial charge in [-0.25, -0.2) is 0 Å². The molecule has 0 radical (unpaired) electrons. The van der Waals surface area contributed by atoms with E-state index in [9.17, 15) is 4.57 Å². The Morgan fingerprint density at radius 1 is 1.64 bits per heavy atom. The lowest BCUT2D eigenvalue weighted by molar-refractivity contribution is 0.448. The van der Waals surface area contributed by atoms with Crippen molar-refractivity contribution >= 4 is 19.0 Å². The zero-order valence-electron chi connectivity index (χ0n) is 6.83. The molecule has 0 rings (SSSR count). The van der Waals surface area contributed by atoms with E-state index in [2.05, 4.69) is 0 Å². The van der Waals surface area contributed by atoms with E-state index in [1.807, 2.05) is 13.8 Å². The van der Waals surface area contributed by atoms with Crippen LogP contribution >= 0.6 is 19.0 Å². The Hall–Kier alpha value is 0.440. The predicted molar refractivity (Wildman–Crippen MR) is 48.0 cm³/mol. The van der Waals surface area contributed by atoms with Crippen LogP contribution in [0.15, 0.2) is 0 Å². The van der Waals surface area contributed by atoms with Gasteiger partial charge >= 0.3 is 0 Å². The second kappa shape index (κ2) is 4.46. The van der Waals surface area contributed by atoms with Gasteiger partial charge in [-0.2, -0.15) is 0 Å². The van der Waals surface area contributed by atoms with Crippen molar-refractivity contribution in [1.29, 1.82) is 0 Å². The van der Waals surface area contributed by atoms with Crippen LogP contribution in [0.3, 0.4) is 0 Å². The van der Waals surface area contributed by atoms with Crippen LogP contribution in [-0.2, 0) is 4.57 Å². The number of alkyl halides is 1. The van der Waals surface area contributed by atoms with Gasteiger partial charge < -0.3 is 10.6 Å². The Labute approximate surface area is 72.4 Å². The highest BCUT2D eigenvalue weighted by Gasteiger charge is 2.26. The van der Waals surface area contributed by atoms with Crippen molar-refractivity contribution in [3.8, 4) is 0 Å². The van der Waals surface area contributed by atoms with Crippen molar-refractivity contribution in [3.05, 3.63) is 0 Å². The van der Waals surface area contributed by atoms with Crippen molar-refractivity contribution in [3.63, 3.8) is 0 Å². The van der Waals surface area contributed by atoms with Gasteiger partial charge in [0.1, 0.15) is 5.62 Å². The van der Waals surface area contributed by atoms with E-state index in [0.29, 0.717) is 12.3 Å². The fraction of sp³-hybridized carbons (Fsp3) is 1.00. The Morgan fingerprint density at radius 3 is 2.36 bits per heavy atom. The molecular weight excluding hydrogens is 184 g/mol. The van der Waals surface area contributed by atoms with E-state index in [4.69, 9.17) is 22.2 Å². The third kappa shape index (κ3) is 4.12. The minimum absolute atomic E-state index is 0.249. The Kier molecular flexibility index (Phi) is 4.64. The smallest absolute Gasteiger partial charge is 0.231 e. The molecule has 68 valence electrons. The molecule has 0 aliphatic carbocycles. The lowest BCUT2D eigenvalue weighted by atomic mass is 10.1. The zero-order chi connectivity index (χ0) is 9.07. The molecular formula is C6H15ClNO2P. The molecule has 0 aliphatic rings. The first-order valence-electron chi connectivity index (χ1n) is 3.53. The third-order valence-corrected chi connectivity index (χ3v) is 4.02. The van der Waals surface area contributed by atoms with Gasteiger partial charge in [-0.05, 0) is 12.3 Å². The minimum atomic E-state index is -3.28. The third-order valence-electron chi connectivity index (χ3n) is 1.40. The van der Waals surface area contributed by atoms with Gasteiger partial charge in [0.25, 0.3) is 0 Å². The SMILES string of the molecule is CC(C)CC(N)P(=O)(O)CCl. The quantitative estimate of drug-likeness (QED) is 0.536. The first kappa shape index (κ1) is 11.4. The minimum Gasteiger partial charge on any atom is -0.342 e. The number of nitrogens with two attached hydrogens (primary N) is 1. The monoisotopic (exact) mass is 199 g/mol. The summed E-state index contributed by atoms with van der Waals surface area (Å²) in [6.45, 7) is 3.90. The summed E-state index contributed by atoms with van der Waals surface area (Å²) in [7, 11) is -3.28. The highest BCUT2D eigenvalue weighted by molar-refractivity contribution is 7.60. The van der Waals surface area contributed by atoms with Crippen molar-refractivity contribution in [2.24, 2.45) is 11.7 Å². The molecule has 0 aromatic rings. The van der Waals surface area contributed by atoms with Gasteiger partial charge in [-0.15, -0.1) is 11.6 Å². The molecule has 0 saturated heterocycles. The maximum absolute atomic E-state index is 11.1. The molecule has 0 aromatic carbocycles. The van der Waals surface area contributed by atoms with Crippen LogP contribution in [0.4, 0.5) is 0 Å². The molecule has 2 unspecified atom stereocenters. The van der Waals surface area contributed by atoms with Crippen LogP contribution in [0.2, 0.25) is 0 Å². The summed E-state index contributed by atoms with van der Waals surface area (Å²) in [5.41, 5.74) is 5.22. The van der Waals surface area contributed by atoms with E-state index < -0.39 is 13.2 Å². The summed E-state index contributed by atoms with van der Waals surface area (Å²) in [5, 5.41) is 0. The zero-order valence-corrected chi connectivity index (χ0v) is 8.48. The summed E-state index contributed by atoms with van der Waals surface area (Å²) in [4.78, 5) is 9.14. The van der Waals surface area contributed by atoms with E-state index in [-0.39, 0.29) is 5.62 Å². The maximum Gasteiger partial charge on any atom is 0.231 e. The molecule has 0 heterocycles. The van der Waals surface area contributed by atoms with Gasteiger partial charge in [-0.3, -0.25) is 4.57 Å². The standard InChI is InChI=1S/C6H15ClNO2P/c1-5(2)3-6(8)11(9,10)4-7/h5-6H,3-4,8H2,1-2H3,(H,9,10). The molecule has 0 bridgehead atoms. The first-order valence-corrected chi connectivity index (χ1v) is 5.98. The van der Waals surface area contributed by atoms with Gasteiger partial charge in [0.2, 0.25) is 7.37 Å². The molecule has 5 heteroatoms. The Balaban J connectivity index is 4.02. The average Bonchev–Trinajstić information content (AvgIpc) is 1.86. The molecule has 0 amide bonds. The molecule has 0 aliphatic heterocycles. The fourth-order valence-electron chi connectivity index (χ4n) is 0.736. The van der Waals surface area contributed by atoms with E-state index in [1.165, 1.54) is 0 Å². The fourth-order valence-corrected chi connectivity index (χ4v) is 2.20. The topological polar surface area (TPSA) is 63.3 Å². The molecule has 2 atom stereocenters.